The number of benzene rings is 1. The van der Waals surface area contributed by atoms with Gasteiger partial charge in [0.05, 0.1) is 9.62 Å². The van der Waals surface area contributed by atoms with E-state index in [0.717, 1.165) is 5.75 Å². The summed E-state index contributed by atoms with van der Waals surface area (Å²) in [5, 5.41) is 0. The highest BCUT2D eigenvalue weighted by Crippen LogP contribution is 2.42. The molecule has 0 bridgehead atoms. The molecule has 3 rings (SSSR count). The zero-order chi connectivity index (χ0) is 11.0. The molecule has 0 fully saturated rings. The minimum absolute atomic E-state index is 0.424. The van der Waals surface area contributed by atoms with Crippen LogP contribution in [0.4, 0.5) is 0 Å². The number of alkyl halides is 1. The molecule has 0 radical (unpaired) electrons. The summed E-state index contributed by atoms with van der Waals surface area (Å²) in [6, 6.07) is 12.9. The molecule has 0 saturated carbocycles. The second-order valence-corrected chi connectivity index (χ2v) is 5.99. The van der Waals surface area contributed by atoms with Crippen LogP contribution < -0.4 is 0 Å². The Balaban J connectivity index is 2.18. The van der Waals surface area contributed by atoms with Gasteiger partial charge in [-0.3, -0.25) is 4.98 Å². The Bertz CT molecular complexity index is 479. The fraction of sp³-hybridized carbons (Fsp3) is 0.154. The highest BCUT2D eigenvalue weighted by atomic mass is 127. The molecule has 1 nitrogen and oxygen atoms in total. The van der Waals surface area contributed by atoms with Crippen molar-refractivity contribution in [1.82, 2.24) is 4.98 Å². The quantitative estimate of drug-likeness (QED) is 0.527. The van der Waals surface area contributed by atoms with Crippen molar-refractivity contribution in [1.29, 1.82) is 0 Å². The van der Waals surface area contributed by atoms with E-state index in [-0.39, 0.29) is 0 Å². The van der Waals surface area contributed by atoms with Crippen LogP contribution in [0.25, 0.3) is 0 Å². The lowest BCUT2D eigenvalue weighted by atomic mass is 10.0. The molecule has 0 aliphatic carbocycles. The summed E-state index contributed by atoms with van der Waals surface area (Å²) in [6.07, 6.45) is 1.89. The van der Waals surface area contributed by atoms with Crippen LogP contribution in [0, 0.1) is 0 Å². The minimum atomic E-state index is 0.424. The van der Waals surface area contributed by atoms with Crippen LogP contribution in [0.1, 0.15) is 20.7 Å². The van der Waals surface area contributed by atoms with Gasteiger partial charge in [0, 0.05) is 16.8 Å². The standard InChI is InChI=1S/C13H10INS/c14-13-9-5-3-7-15-11(9)8-16-12-6-2-1-4-10(12)13/h1-7,13H,8H2. The Kier molecular flexibility index (Phi) is 2.90. The molecule has 80 valence electrons. The zero-order valence-electron chi connectivity index (χ0n) is 8.56. The molecule has 0 N–H and O–H groups in total. The van der Waals surface area contributed by atoms with Crippen molar-refractivity contribution in [3.8, 4) is 0 Å². The van der Waals surface area contributed by atoms with Crippen molar-refractivity contribution in [3.05, 3.63) is 59.4 Å². The third-order valence-electron chi connectivity index (χ3n) is 2.75. The lowest BCUT2D eigenvalue weighted by molar-refractivity contribution is 1.07. The normalized spacial score (nSPS) is 18.4. The van der Waals surface area contributed by atoms with Gasteiger partial charge in [-0.25, -0.2) is 0 Å². The van der Waals surface area contributed by atoms with E-state index in [1.54, 1.807) is 0 Å². The second kappa shape index (κ2) is 4.37. The zero-order valence-corrected chi connectivity index (χ0v) is 11.5. The molecule has 0 spiro atoms. The Morgan fingerprint density at radius 1 is 1.12 bits per heavy atom. The molecule has 2 aromatic rings. The molecule has 0 saturated heterocycles. The Morgan fingerprint density at radius 3 is 2.88 bits per heavy atom. The van der Waals surface area contributed by atoms with Crippen molar-refractivity contribution in [3.63, 3.8) is 0 Å². The van der Waals surface area contributed by atoms with Crippen molar-refractivity contribution >= 4 is 34.4 Å². The number of hydrogen-bond donors (Lipinski definition) is 0. The second-order valence-electron chi connectivity index (χ2n) is 3.73. The summed E-state index contributed by atoms with van der Waals surface area (Å²) < 4.78 is 0.424. The van der Waals surface area contributed by atoms with Crippen molar-refractivity contribution in [2.75, 3.05) is 0 Å². The fourth-order valence-electron chi connectivity index (χ4n) is 1.94. The maximum absolute atomic E-state index is 4.49. The van der Waals surface area contributed by atoms with E-state index in [2.05, 4.69) is 57.9 Å². The molecule has 1 aromatic heterocycles. The van der Waals surface area contributed by atoms with E-state index in [1.807, 2.05) is 24.0 Å². The fourth-order valence-corrected chi connectivity index (χ4v) is 4.32. The number of rotatable bonds is 0. The van der Waals surface area contributed by atoms with Crippen molar-refractivity contribution in [2.24, 2.45) is 0 Å². The maximum atomic E-state index is 4.49. The molecule has 1 aliphatic rings. The Morgan fingerprint density at radius 2 is 1.94 bits per heavy atom. The van der Waals surface area contributed by atoms with E-state index < -0.39 is 0 Å². The van der Waals surface area contributed by atoms with E-state index in [0.29, 0.717) is 3.92 Å². The molecule has 1 unspecified atom stereocenters. The number of thioether (sulfide) groups is 1. The predicted molar refractivity (Wildman–Crippen MR) is 76.1 cm³/mol. The van der Waals surface area contributed by atoms with Crippen LogP contribution >= 0.6 is 34.4 Å². The van der Waals surface area contributed by atoms with E-state index >= 15 is 0 Å². The van der Waals surface area contributed by atoms with Crippen LogP contribution in [0.2, 0.25) is 0 Å². The molecular formula is C13H10INS. The van der Waals surface area contributed by atoms with Crippen LogP contribution in [0.5, 0.6) is 0 Å². The van der Waals surface area contributed by atoms with E-state index in [1.165, 1.54) is 21.7 Å². The number of halogens is 1. The third-order valence-corrected chi connectivity index (χ3v) is 5.20. The number of pyridine rings is 1. The third kappa shape index (κ3) is 1.76. The predicted octanol–water partition coefficient (Wildman–Crippen LogP) is 4.21. The molecule has 2 heterocycles. The van der Waals surface area contributed by atoms with Crippen LogP contribution in [0.3, 0.4) is 0 Å². The van der Waals surface area contributed by atoms with Gasteiger partial charge < -0.3 is 0 Å². The van der Waals surface area contributed by atoms with E-state index in [4.69, 9.17) is 0 Å². The number of nitrogens with zero attached hydrogens (tertiary/aromatic N) is 1. The molecule has 0 amide bonds. The summed E-state index contributed by atoms with van der Waals surface area (Å²) in [7, 11) is 0. The number of hydrogen-bond acceptors (Lipinski definition) is 2. The maximum Gasteiger partial charge on any atom is 0.0637 e. The topological polar surface area (TPSA) is 12.9 Å². The summed E-state index contributed by atoms with van der Waals surface area (Å²) >= 11 is 4.40. The summed E-state index contributed by atoms with van der Waals surface area (Å²) in [5.41, 5.74) is 4.00. The van der Waals surface area contributed by atoms with Gasteiger partial charge >= 0.3 is 0 Å². The molecule has 3 heteroatoms. The van der Waals surface area contributed by atoms with Gasteiger partial charge in [-0.2, -0.15) is 0 Å². The number of aromatic nitrogens is 1. The number of fused-ring (bicyclic) bond motifs is 2. The Labute approximate surface area is 113 Å². The Hall–Kier alpha value is -0.550. The molecule has 1 aromatic carbocycles. The average Bonchev–Trinajstić information content (AvgIpc) is 2.49. The summed E-state index contributed by atoms with van der Waals surface area (Å²) in [6.45, 7) is 0. The largest absolute Gasteiger partial charge is 0.260 e. The van der Waals surface area contributed by atoms with Gasteiger partial charge in [0.15, 0.2) is 0 Å². The highest BCUT2D eigenvalue weighted by Gasteiger charge is 2.21. The van der Waals surface area contributed by atoms with Crippen LogP contribution in [-0.2, 0) is 5.75 Å². The highest BCUT2D eigenvalue weighted by molar-refractivity contribution is 14.1. The molecule has 1 aliphatic heterocycles. The van der Waals surface area contributed by atoms with Gasteiger partial charge in [0.25, 0.3) is 0 Å². The lowest BCUT2D eigenvalue weighted by Crippen LogP contribution is -1.97. The molecule has 16 heavy (non-hydrogen) atoms. The van der Waals surface area contributed by atoms with Gasteiger partial charge in [-0.1, -0.05) is 46.9 Å². The van der Waals surface area contributed by atoms with Crippen LogP contribution in [-0.4, -0.2) is 4.98 Å². The van der Waals surface area contributed by atoms with E-state index in [9.17, 15) is 0 Å². The van der Waals surface area contributed by atoms with Crippen molar-refractivity contribution < 1.29 is 0 Å². The van der Waals surface area contributed by atoms with Gasteiger partial charge in [-0.15, -0.1) is 11.8 Å². The first kappa shape index (κ1) is 10.6. The first-order chi connectivity index (χ1) is 7.86. The smallest absolute Gasteiger partial charge is 0.0637 e. The molecular weight excluding hydrogens is 329 g/mol. The molecule has 1 atom stereocenters. The summed E-state index contributed by atoms with van der Waals surface area (Å²) in [5.74, 6) is 0.979. The average molecular weight is 339 g/mol. The van der Waals surface area contributed by atoms with Crippen molar-refractivity contribution in [2.45, 2.75) is 14.6 Å². The first-order valence-corrected chi connectivity index (χ1v) is 7.39. The summed E-state index contributed by atoms with van der Waals surface area (Å²) in [4.78, 5) is 5.88. The van der Waals surface area contributed by atoms with Crippen LogP contribution in [0.15, 0.2) is 47.5 Å². The monoisotopic (exact) mass is 339 g/mol. The van der Waals surface area contributed by atoms with Gasteiger partial charge in [0.1, 0.15) is 0 Å². The van der Waals surface area contributed by atoms with Gasteiger partial charge in [0.2, 0.25) is 0 Å². The van der Waals surface area contributed by atoms with Gasteiger partial charge in [-0.05, 0) is 23.3 Å². The first-order valence-electron chi connectivity index (χ1n) is 5.16. The lowest BCUT2D eigenvalue weighted by Gasteiger charge is -2.12. The SMILES string of the molecule is IC1c2ccccc2SCc2ncccc21. The minimum Gasteiger partial charge on any atom is -0.260 e.